The Morgan fingerprint density at radius 1 is 1.26 bits per heavy atom. The summed E-state index contributed by atoms with van der Waals surface area (Å²) in [6, 6.07) is 0.331. The minimum Gasteiger partial charge on any atom is -0.342 e. The first kappa shape index (κ1) is 14.4. The Bertz CT molecular complexity index is 363. The zero-order chi connectivity index (χ0) is 14.0. The normalized spacial score (nSPS) is 31.2. The zero-order valence-electron chi connectivity index (χ0n) is 12.4. The molecule has 1 heterocycles. The van der Waals surface area contributed by atoms with Crippen LogP contribution in [-0.2, 0) is 9.59 Å². The van der Waals surface area contributed by atoms with Crippen LogP contribution in [-0.4, -0.2) is 34.8 Å². The van der Waals surface area contributed by atoms with E-state index in [4.69, 9.17) is 0 Å². The number of nitrogens with zero attached hydrogens (tertiary/aromatic N) is 1. The second-order valence-corrected chi connectivity index (χ2v) is 6.06. The van der Waals surface area contributed by atoms with E-state index in [0.29, 0.717) is 37.8 Å². The Balaban J connectivity index is 2.28. The first-order valence-electron chi connectivity index (χ1n) is 7.66. The number of amides is 2. The molecule has 1 N–H and O–H groups in total. The van der Waals surface area contributed by atoms with Crippen LogP contribution in [0, 0.1) is 5.92 Å². The molecule has 0 spiro atoms. The van der Waals surface area contributed by atoms with Crippen LogP contribution in [0.3, 0.4) is 0 Å². The molecule has 0 aromatic heterocycles. The van der Waals surface area contributed by atoms with Gasteiger partial charge in [0.2, 0.25) is 11.8 Å². The highest BCUT2D eigenvalue weighted by Crippen LogP contribution is 2.33. The summed E-state index contributed by atoms with van der Waals surface area (Å²) >= 11 is 0. The number of hydrogen-bond donors (Lipinski definition) is 1. The SMILES string of the molecule is CCC1(CC)NC(=O)CCN(C2CCCC2C)C1=O. The Hall–Kier alpha value is -1.06. The van der Waals surface area contributed by atoms with Gasteiger partial charge in [0.1, 0.15) is 5.54 Å². The molecule has 19 heavy (non-hydrogen) atoms. The van der Waals surface area contributed by atoms with Crippen LogP contribution >= 0.6 is 0 Å². The fraction of sp³-hybridized carbons (Fsp3) is 0.867. The third-order valence-electron chi connectivity index (χ3n) is 5.05. The molecule has 108 valence electrons. The van der Waals surface area contributed by atoms with Gasteiger partial charge in [-0.25, -0.2) is 0 Å². The molecule has 2 fully saturated rings. The van der Waals surface area contributed by atoms with Gasteiger partial charge in [-0.2, -0.15) is 0 Å². The topological polar surface area (TPSA) is 49.4 Å². The van der Waals surface area contributed by atoms with Gasteiger partial charge in [0, 0.05) is 19.0 Å². The number of carbonyl (C=O) groups excluding carboxylic acids is 2. The molecule has 0 radical (unpaired) electrons. The summed E-state index contributed by atoms with van der Waals surface area (Å²) in [7, 11) is 0. The summed E-state index contributed by atoms with van der Waals surface area (Å²) in [5, 5.41) is 2.98. The van der Waals surface area contributed by atoms with Crippen molar-refractivity contribution in [2.45, 2.75) is 70.9 Å². The van der Waals surface area contributed by atoms with Crippen molar-refractivity contribution in [1.29, 1.82) is 0 Å². The third-order valence-corrected chi connectivity index (χ3v) is 5.05. The van der Waals surface area contributed by atoms with E-state index in [1.165, 1.54) is 12.8 Å². The van der Waals surface area contributed by atoms with E-state index in [-0.39, 0.29) is 11.8 Å². The molecule has 1 aliphatic carbocycles. The average molecular weight is 266 g/mol. The van der Waals surface area contributed by atoms with Crippen molar-refractivity contribution in [3.05, 3.63) is 0 Å². The van der Waals surface area contributed by atoms with E-state index in [1.54, 1.807) is 0 Å². The lowest BCUT2D eigenvalue weighted by atomic mass is 9.90. The van der Waals surface area contributed by atoms with Crippen molar-refractivity contribution >= 4 is 11.8 Å². The molecule has 2 aliphatic rings. The second-order valence-electron chi connectivity index (χ2n) is 6.06. The lowest BCUT2D eigenvalue weighted by Crippen LogP contribution is -2.58. The predicted octanol–water partition coefficient (Wildman–Crippen LogP) is 2.08. The monoisotopic (exact) mass is 266 g/mol. The third kappa shape index (κ3) is 2.49. The van der Waals surface area contributed by atoms with E-state index in [9.17, 15) is 9.59 Å². The highest BCUT2D eigenvalue weighted by molar-refractivity contribution is 5.93. The van der Waals surface area contributed by atoms with Crippen LogP contribution in [0.4, 0.5) is 0 Å². The molecule has 0 aromatic rings. The van der Waals surface area contributed by atoms with Gasteiger partial charge in [-0.3, -0.25) is 9.59 Å². The van der Waals surface area contributed by atoms with Crippen molar-refractivity contribution in [3.8, 4) is 0 Å². The maximum atomic E-state index is 12.9. The fourth-order valence-corrected chi connectivity index (χ4v) is 3.62. The van der Waals surface area contributed by atoms with Gasteiger partial charge < -0.3 is 10.2 Å². The summed E-state index contributed by atoms with van der Waals surface area (Å²) in [5.74, 6) is 0.718. The van der Waals surface area contributed by atoms with E-state index in [1.807, 2.05) is 18.7 Å². The van der Waals surface area contributed by atoms with E-state index < -0.39 is 5.54 Å². The molecule has 1 saturated heterocycles. The smallest absolute Gasteiger partial charge is 0.248 e. The second kappa shape index (κ2) is 5.51. The molecule has 2 atom stereocenters. The van der Waals surface area contributed by atoms with Crippen molar-refractivity contribution < 1.29 is 9.59 Å². The van der Waals surface area contributed by atoms with Crippen LogP contribution in [0.25, 0.3) is 0 Å². The zero-order valence-corrected chi connectivity index (χ0v) is 12.4. The highest BCUT2D eigenvalue weighted by Gasteiger charge is 2.45. The summed E-state index contributed by atoms with van der Waals surface area (Å²) in [6.07, 6.45) is 5.27. The minimum absolute atomic E-state index is 0.0187. The maximum absolute atomic E-state index is 12.9. The number of hydrogen-bond acceptors (Lipinski definition) is 2. The number of nitrogens with one attached hydrogen (secondary N) is 1. The van der Waals surface area contributed by atoms with Gasteiger partial charge >= 0.3 is 0 Å². The molecule has 4 heteroatoms. The van der Waals surface area contributed by atoms with Gasteiger partial charge in [-0.1, -0.05) is 27.2 Å². The largest absolute Gasteiger partial charge is 0.342 e. The van der Waals surface area contributed by atoms with Gasteiger partial charge in [-0.15, -0.1) is 0 Å². The van der Waals surface area contributed by atoms with E-state index in [2.05, 4.69) is 12.2 Å². The minimum atomic E-state index is -0.671. The highest BCUT2D eigenvalue weighted by atomic mass is 16.2. The van der Waals surface area contributed by atoms with Gasteiger partial charge in [0.15, 0.2) is 0 Å². The summed E-state index contributed by atoms with van der Waals surface area (Å²) in [5.41, 5.74) is -0.671. The molecule has 2 amide bonds. The van der Waals surface area contributed by atoms with Gasteiger partial charge in [0.05, 0.1) is 0 Å². The van der Waals surface area contributed by atoms with Gasteiger partial charge in [-0.05, 0) is 31.6 Å². The Labute approximate surface area is 115 Å². The quantitative estimate of drug-likeness (QED) is 0.850. The first-order chi connectivity index (χ1) is 9.04. The van der Waals surface area contributed by atoms with Crippen LogP contribution < -0.4 is 5.32 Å². The Kier molecular flexibility index (Phi) is 4.16. The molecule has 0 aromatic carbocycles. The van der Waals surface area contributed by atoms with Crippen LogP contribution in [0.15, 0.2) is 0 Å². The molecule has 1 saturated carbocycles. The van der Waals surface area contributed by atoms with Crippen LogP contribution in [0.1, 0.15) is 59.3 Å². The average Bonchev–Trinajstić information content (AvgIpc) is 2.77. The van der Waals surface area contributed by atoms with Crippen LogP contribution in [0.2, 0.25) is 0 Å². The lowest BCUT2D eigenvalue weighted by Gasteiger charge is -2.38. The number of rotatable bonds is 3. The molecular formula is C15H26N2O2. The van der Waals surface area contributed by atoms with Crippen molar-refractivity contribution in [1.82, 2.24) is 10.2 Å². The Morgan fingerprint density at radius 2 is 1.95 bits per heavy atom. The molecule has 0 bridgehead atoms. The molecule has 4 nitrogen and oxygen atoms in total. The fourth-order valence-electron chi connectivity index (χ4n) is 3.62. The lowest BCUT2D eigenvalue weighted by molar-refractivity contribution is -0.141. The van der Waals surface area contributed by atoms with E-state index in [0.717, 1.165) is 6.42 Å². The summed E-state index contributed by atoms with van der Waals surface area (Å²) in [4.78, 5) is 26.8. The number of carbonyl (C=O) groups is 2. The maximum Gasteiger partial charge on any atom is 0.248 e. The summed E-state index contributed by atoms with van der Waals surface area (Å²) in [6.45, 7) is 6.79. The van der Waals surface area contributed by atoms with Gasteiger partial charge in [0.25, 0.3) is 0 Å². The summed E-state index contributed by atoms with van der Waals surface area (Å²) < 4.78 is 0. The van der Waals surface area contributed by atoms with Crippen LogP contribution in [0.5, 0.6) is 0 Å². The van der Waals surface area contributed by atoms with E-state index >= 15 is 0 Å². The van der Waals surface area contributed by atoms with Crippen molar-refractivity contribution in [3.63, 3.8) is 0 Å². The first-order valence-corrected chi connectivity index (χ1v) is 7.66. The van der Waals surface area contributed by atoms with Crippen molar-refractivity contribution in [2.75, 3.05) is 6.54 Å². The standard InChI is InChI=1S/C15H26N2O2/c1-4-15(5-2)14(19)17(10-9-13(18)16-15)12-8-6-7-11(12)3/h11-12H,4-10H2,1-3H3,(H,16,18). The predicted molar refractivity (Wildman–Crippen MR) is 74.6 cm³/mol. The molecule has 2 unspecified atom stereocenters. The Morgan fingerprint density at radius 3 is 2.47 bits per heavy atom. The van der Waals surface area contributed by atoms with Crippen molar-refractivity contribution in [2.24, 2.45) is 5.92 Å². The molecule has 2 rings (SSSR count). The molecule has 1 aliphatic heterocycles. The molecular weight excluding hydrogens is 240 g/mol.